The molecule has 0 atom stereocenters. The maximum Gasteiger partial charge on any atom is 0.259 e. The van der Waals surface area contributed by atoms with Crippen molar-refractivity contribution < 1.29 is 4.79 Å². The van der Waals surface area contributed by atoms with Gasteiger partial charge < -0.3 is 5.32 Å². The highest BCUT2D eigenvalue weighted by Crippen LogP contribution is 2.18. The highest BCUT2D eigenvalue weighted by Gasteiger charge is 2.00. The summed E-state index contributed by atoms with van der Waals surface area (Å²) in [7, 11) is 0. The Morgan fingerprint density at radius 1 is 0.962 bits per heavy atom. The summed E-state index contributed by atoms with van der Waals surface area (Å²) in [6.45, 7) is 0.149. The Morgan fingerprint density at radius 3 is 2.50 bits per heavy atom. The van der Waals surface area contributed by atoms with Crippen LogP contribution in [0.25, 0.3) is 16.8 Å². The molecule has 0 unspecified atom stereocenters. The van der Waals surface area contributed by atoms with Crippen molar-refractivity contribution in [2.24, 2.45) is 5.10 Å². The van der Waals surface area contributed by atoms with Crippen LogP contribution in [-0.4, -0.2) is 18.7 Å². The van der Waals surface area contributed by atoms with Crippen molar-refractivity contribution in [2.45, 2.75) is 0 Å². The zero-order chi connectivity index (χ0) is 18.2. The van der Waals surface area contributed by atoms with Crippen LogP contribution < -0.4 is 10.7 Å². The lowest BCUT2D eigenvalue weighted by atomic mass is 10.1. The smallest absolute Gasteiger partial charge is 0.259 e. The summed E-state index contributed by atoms with van der Waals surface area (Å²) in [5.41, 5.74) is 4.45. The van der Waals surface area contributed by atoms with E-state index in [1.165, 1.54) is 5.39 Å². The van der Waals surface area contributed by atoms with Crippen LogP contribution in [0.5, 0.6) is 0 Å². The molecule has 130 valence electrons. The van der Waals surface area contributed by atoms with Gasteiger partial charge in [-0.25, -0.2) is 5.43 Å². The van der Waals surface area contributed by atoms with Crippen molar-refractivity contribution in [3.05, 3.63) is 82.8 Å². The van der Waals surface area contributed by atoms with Gasteiger partial charge in [0.2, 0.25) is 0 Å². The Labute approximate surface area is 160 Å². The average molecular weight is 408 g/mol. The van der Waals surface area contributed by atoms with Crippen molar-refractivity contribution >= 4 is 50.6 Å². The van der Waals surface area contributed by atoms with E-state index in [-0.39, 0.29) is 12.5 Å². The number of benzene rings is 3. The number of nitrogens with zero attached hydrogens (tertiary/aromatic N) is 1. The highest BCUT2D eigenvalue weighted by molar-refractivity contribution is 9.12. The van der Waals surface area contributed by atoms with Crippen LogP contribution in [-0.2, 0) is 4.79 Å². The number of fused-ring (bicyclic) bond motifs is 1. The molecule has 3 aromatic carbocycles. The molecule has 0 aromatic heterocycles. The molecule has 0 heterocycles. The first-order chi connectivity index (χ1) is 12.7. The van der Waals surface area contributed by atoms with E-state index in [1.807, 2.05) is 72.8 Å². The molecule has 0 radical (unpaired) electrons. The van der Waals surface area contributed by atoms with E-state index in [9.17, 15) is 4.79 Å². The third-order valence-corrected chi connectivity index (χ3v) is 4.12. The summed E-state index contributed by atoms with van der Waals surface area (Å²) in [5, 5.41) is 9.35. The van der Waals surface area contributed by atoms with Gasteiger partial charge in [0.1, 0.15) is 0 Å². The number of hydrogen-bond donors (Lipinski definition) is 2. The lowest BCUT2D eigenvalue weighted by Crippen LogP contribution is -2.25. The van der Waals surface area contributed by atoms with Crippen molar-refractivity contribution in [1.29, 1.82) is 0 Å². The second-order valence-corrected chi connectivity index (χ2v) is 6.56. The minimum atomic E-state index is -0.214. The maximum atomic E-state index is 11.9. The summed E-state index contributed by atoms with van der Waals surface area (Å²) in [6, 6.07) is 24.0. The summed E-state index contributed by atoms with van der Waals surface area (Å²) in [6.07, 6.45) is 3.48. The largest absolute Gasteiger partial charge is 0.376 e. The highest BCUT2D eigenvalue weighted by atomic mass is 79.9. The molecule has 0 aliphatic rings. The molecule has 5 heteroatoms. The van der Waals surface area contributed by atoms with Crippen molar-refractivity contribution in [3.8, 4) is 0 Å². The third-order valence-electron chi connectivity index (χ3n) is 3.68. The normalized spacial score (nSPS) is 11.7. The maximum absolute atomic E-state index is 11.9. The SMILES string of the molecule is O=C(CNc1ccc2ccccc2c1)N/N=C/C(Br)=C/c1ccccc1. The Balaban J connectivity index is 1.49. The summed E-state index contributed by atoms with van der Waals surface area (Å²) in [4.78, 5) is 11.9. The lowest BCUT2D eigenvalue weighted by molar-refractivity contribution is -0.119. The van der Waals surface area contributed by atoms with E-state index >= 15 is 0 Å². The fourth-order valence-electron chi connectivity index (χ4n) is 2.43. The average Bonchev–Trinajstić information content (AvgIpc) is 2.67. The van der Waals surface area contributed by atoms with Gasteiger partial charge >= 0.3 is 0 Å². The number of halogens is 1. The monoisotopic (exact) mass is 407 g/mol. The summed E-state index contributed by atoms with van der Waals surface area (Å²) in [5.74, 6) is -0.214. The van der Waals surface area contributed by atoms with Gasteiger partial charge in [0.05, 0.1) is 12.8 Å². The zero-order valence-corrected chi connectivity index (χ0v) is 15.6. The van der Waals surface area contributed by atoms with Gasteiger partial charge in [0, 0.05) is 10.2 Å². The fourth-order valence-corrected chi connectivity index (χ4v) is 2.80. The van der Waals surface area contributed by atoms with Crippen LogP contribution in [0.3, 0.4) is 0 Å². The second kappa shape index (κ2) is 8.97. The van der Waals surface area contributed by atoms with Crippen LogP contribution in [0.2, 0.25) is 0 Å². The van der Waals surface area contributed by atoms with E-state index < -0.39 is 0 Å². The van der Waals surface area contributed by atoms with Gasteiger partial charge in [-0.1, -0.05) is 60.7 Å². The molecule has 4 nitrogen and oxygen atoms in total. The Bertz CT molecular complexity index is 952. The van der Waals surface area contributed by atoms with Gasteiger partial charge in [-0.3, -0.25) is 4.79 Å². The molecule has 2 N–H and O–H groups in total. The summed E-state index contributed by atoms with van der Waals surface area (Å²) < 4.78 is 0.770. The van der Waals surface area contributed by atoms with Crippen LogP contribution >= 0.6 is 15.9 Å². The topological polar surface area (TPSA) is 53.5 Å². The molecule has 0 fully saturated rings. The van der Waals surface area contributed by atoms with E-state index in [4.69, 9.17) is 0 Å². The fraction of sp³-hybridized carbons (Fsp3) is 0.0476. The molecule has 0 aliphatic heterocycles. The van der Waals surface area contributed by atoms with Gasteiger partial charge in [0.25, 0.3) is 5.91 Å². The van der Waals surface area contributed by atoms with Crippen LogP contribution in [0, 0.1) is 0 Å². The van der Waals surface area contributed by atoms with Gasteiger partial charge in [-0.15, -0.1) is 0 Å². The predicted molar refractivity (Wildman–Crippen MR) is 112 cm³/mol. The summed E-state index contributed by atoms with van der Waals surface area (Å²) >= 11 is 3.41. The van der Waals surface area contributed by atoms with Gasteiger partial charge in [-0.2, -0.15) is 5.10 Å². The number of hydrazone groups is 1. The quantitative estimate of drug-likeness (QED) is 0.455. The molecule has 3 rings (SSSR count). The van der Waals surface area contributed by atoms with Crippen LogP contribution in [0.15, 0.2) is 82.4 Å². The number of carbonyl (C=O) groups is 1. The van der Waals surface area contributed by atoms with Crippen molar-refractivity contribution in [3.63, 3.8) is 0 Å². The first-order valence-corrected chi connectivity index (χ1v) is 8.97. The van der Waals surface area contributed by atoms with Crippen LogP contribution in [0.4, 0.5) is 5.69 Å². The number of rotatable bonds is 6. The molecule has 26 heavy (non-hydrogen) atoms. The van der Waals surface area contributed by atoms with Gasteiger partial charge in [0.15, 0.2) is 0 Å². The van der Waals surface area contributed by atoms with E-state index in [0.717, 1.165) is 21.1 Å². The Kier molecular flexibility index (Phi) is 6.17. The van der Waals surface area contributed by atoms with E-state index in [1.54, 1.807) is 6.21 Å². The number of allylic oxidation sites excluding steroid dienone is 1. The Hall–Kier alpha value is -2.92. The molecule has 0 saturated heterocycles. The number of nitrogens with one attached hydrogen (secondary N) is 2. The number of carbonyl (C=O) groups excluding carboxylic acids is 1. The van der Waals surface area contributed by atoms with E-state index in [2.05, 4.69) is 37.8 Å². The zero-order valence-electron chi connectivity index (χ0n) is 14.0. The molecule has 0 saturated carbocycles. The Morgan fingerprint density at radius 2 is 1.69 bits per heavy atom. The lowest BCUT2D eigenvalue weighted by Gasteiger charge is -2.06. The molecular weight excluding hydrogens is 390 g/mol. The second-order valence-electron chi connectivity index (χ2n) is 5.65. The predicted octanol–water partition coefficient (Wildman–Crippen LogP) is 4.79. The van der Waals surface area contributed by atoms with Crippen molar-refractivity contribution in [2.75, 3.05) is 11.9 Å². The van der Waals surface area contributed by atoms with Crippen molar-refractivity contribution in [1.82, 2.24) is 5.43 Å². The standard InChI is InChI=1S/C21H18BrN3O/c22-19(12-16-6-2-1-3-7-16)14-24-25-21(26)15-23-20-11-10-17-8-4-5-9-18(17)13-20/h1-14,23H,15H2,(H,25,26)/b19-12-,24-14+. The molecule has 0 spiro atoms. The first kappa shape index (κ1) is 17.9. The molecule has 3 aromatic rings. The first-order valence-electron chi connectivity index (χ1n) is 8.17. The molecular formula is C21H18BrN3O. The number of amides is 1. The van der Waals surface area contributed by atoms with Crippen LogP contribution in [0.1, 0.15) is 5.56 Å². The minimum absolute atomic E-state index is 0.149. The molecule has 0 bridgehead atoms. The number of hydrogen-bond acceptors (Lipinski definition) is 3. The number of anilines is 1. The third kappa shape index (κ3) is 5.29. The minimum Gasteiger partial charge on any atom is -0.376 e. The molecule has 0 aliphatic carbocycles. The molecule has 1 amide bonds. The van der Waals surface area contributed by atoms with Gasteiger partial charge in [-0.05, 0) is 50.5 Å². The van der Waals surface area contributed by atoms with E-state index in [0.29, 0.717) is 0 Å².